The number of allylic oxidation sites excluding steroid dienone is 1. The van der Waals surface area contributed by atoms with Crippen molar-refractivity contribution in [1.29, 1.82) is 0 Å². The van der Waals surface area contributed by atoms with Gasteiger partial charge in [-0.2, -0.15) is 0 Å². The lowest BCUT2D eigenvalue weighted by Crippen LogP contribution is -2.40. The summed E-state index contributed by atoms with van der Waals surface area (Å²) in [6.07, 6.45) is 1.81. The zero-order chi connectivity index (χ0) is 33.8. The Morgan fingerprint density at radius 3 is 2.48 bits per heavy atom. The number of carbonyl (C=O) groups excluding carboxylic acids is 1. The summed E-state index contributed by atoms with van der Waals surface area (Å²) in [7, 11) is 1.58. The Balaban J connectivity index is 1.41. The van der Waals surface area contributed by atoms with Gasteiger partial charge in [0.1, 0.15) is 12.4 Å². The topological polar surface area (TPSA) is 91.2 Å². The second kappa shape index (κ2) is 14.8. The Labute approximate surface area is 300 Å². The second-order valence-electron chi connectivity index (χ2n) is 10.8. The molecule has 6 rings (SSSR count). The van der Waals surface area contributed by atoms with E-state index in [1.54, 1.807) is 18.6 Å². The van der Waals surface area contributed by atoms with Crippen molar-refractivity contribution < 1.29 is 19.0 Å². The van der Waals surface area contributed by atoms with Crippen molar-refractivity contribution in [1.82, 2.24) is 4.57 Å². The Morgan fingerprint density at radius 1 is 1.04 bits per heavy atom. The van der Waals surface area contributed by atoms with E-state index in [9.17, 15) is 9.59 Å². The molecule has 0 fully saturated rings. The van der Waals surface area contributed by atoms with E-state index in [2.05, 4.69) is 27.9 Å². The summed E-state index contributed by atoms with van der Waals surface area (Å²) >= 11 is 9.80. The number of fused-ring (bicyclic) bond motifs is 1. The van der Waals surface area contributed by atoms with Crippen LogP contribution in [0.3, 0.4) is 0 Å². The van der Waals surface area contributed by atoms with E-state index in [4.69, 9.17) is 30.8 Å². The number of methoxy groups -OCH3 is 1. The van der Waals surface area contributed by atoms with Crippen molar-refractivity contribution in [3.8, 4) is 17.2 Å². The summed E-state index contributed by atoms with van der Waals surface area (Å²) in [5.74, 6) is 1.47. The van der Waals surface area contributed by atoms with Gasteiger partial charge in [-0.05, 0) is 96.1 Å². The molecule has 8 nitrogen and oxygen atoms in total. The first-order valence-corrected chi connectivity index (χ1v) is 17.4. The summed E-state index contributed by atoms with van der Waals surface area (Å²) in [5, 5.41) is 3.61. The number of rotatable bonds is 10. The van der Waals surface area contributed by atoms with Gasteiger partial charge in [0.05, 0.1) is 39.1 Å². The van der Waals surface area contributed by atoms with Crippen LogP contribution in [-0.2, 0) is 11.4 Å². The van der Waals surface area contributed by atoms with Crippen LogP contribution in [0.4, 0.5) is 5.69 Å². The highest BCUT2D eigenvalue weighted by Crippen LogP contribution is 2.36. The van der Waals surface area contributed by atoms with Crippen LogP contribution in [0, 0.1) is 3.57 Å². The Morgan fingerprint density at radius 2 is 1.77 bits per heavy atom. The number of hydrogen-bond acceptors (Lipinski definition) is 7. The summed E-state index contributed by atoms with van der Waals surface area (Å²) in [5.41, 5.74) is 3.68. The zero-order valence-corrected chi connectivity index (χ0v) is 30.1. The maximum absolute atomic E-state index is 14.2. The van der Waals surface area contributed by atoms with Crippen molar-refractivity contribution in [3.05, 3.63) is 147 Å². The number of carbonyl (C=O) groups is 1. The molecule has 0 saturated heterocycles. The first-order valence-electron chi connectivity index (χ1n) is 15.1. The molecule has 48 heavy (non-hydrogen) atoms. The third kappa shape index (κ3) is 7.06. The molecule has 0 unspecified atom stereocenters. The number of amides is 1. The standard InChI is InChI=1S/C37H31ClIN3O5S/c1-4-46-27-16-14-24(15-17-27)33-32(35(43)41-26-11-6-5-7-12-26)22(2)40-37-42(33)36(44)31(48-37)20-23-18-29(39)34(30(19-23)45-3)47-21-25-10-8-9-13-28(25)38/h5-20,33H,4,21H2,1-3H3,(H,41,43)/b31-20-/t33-/m1/s1. The second-order valence-corrected chi connectivity index (χ2v) is 13.4. The van der Waals surface area contributed by atoms with Crippen LogP contribution in [0.5, 0.6) is 17.2 Å². The monoisotopic (exact) mass is 791 g/mol. The third-order valence-electron chi connectivity index (χ3n) is 7.68. The predicted octanol–water partition coefficient (Wildman–Crippen LogP) is 7.12. The van der Waals surface area contributed by atoms with Crippen LogP contribution in [0.15, 0.2) is 112 Å². The number of halogens is 2. The number of ether oxygens (including phenoxy) is 3. The van der Waals surface area contributed by atoms with Crippen molar-refractivity contribution in [2.75, 3.05) is 19.0 Å². The summed E-state index contributed by atoms with van der Waals surface area (Å²) in [6.45, 7) is 4.51. The molecule has 1 aromatic heterocycles. The van der Waals surface area contributed by atoms with Crippen molar-refractivity contribution >= 4 is 63.2 Å². The predicted molar refractivity (Wildman–Crippen MR) is 198 cm³/mol. The lowest BCUT2D eigenvalue weighted by atomic mass is 9.95. The maximum atomic E-state index is 14.2. The number of anilines is 1. The van der Waals surface area contributed by atoms with Gasteiger partial charge < -0.3 is 19.5 Å². The van der Waals surface area contributed by atoms with E-state index in [0.29, 0.717) is 55.2 Å². The number of benzene rings is 4. The minimum atomic E-state index is -0.710. The average Bonchev–Trinajstić information content (AvgIpc) is 3.38. The number of hydrogen-bond donors (Lipinski definition) is 1. The average molecular weight is 792 g/mol. The molecule has 2 heterocycles. The number of para-hydroxylation sites is 1. The lowest BCUT2D eigenvalue weighted by molar-refractivity contribution is -0.113. The van der Waals surface area contributed by atoms with Crippen molar-refractivity contribution in [2.24, 2.45) is 4.99 Å². The Hall–Kier alpha value is -4.39. The molecule has 0 saturated carbocycles. The molecule has 1 aliphatic heterocycles. The molecule has 0 bridgehead atoms. The van der Waals surface area contributed by atoms with Crippen LogP contribution in [-0.4, -0.2) is 24.2 Å². The van der Waals surface area contributed by atoms with E-state index >= 15 is 0 Å². The minimum Gasteiger partial charge on any atom is -0.494 e. The van der Waals surface area contributed by atoms with E-state index < -0.39 is 6.04 Å². The first-order chi connectivity index (χ1) is 23.3. The van der Waals surface area contributed by atoms with Gasteiger partial charge in [-0.25, -0.2) is 4.99 Å². The van der Waals surface area contributed by atoms with Crippen molar-refractivity contribution in [2.45, 2.75) is 26.5 Å². The molecule has 0 radical (unpaired) electrons. The van der Waals surface area contributed by atoms with Crippen LogP contribution >= 0.6 is 45.5 Å². The van der Waals surface area contributed by atoms with E-state index in [-0.39, 0.29) is 18.1 Å². The molecule has 11 heteroatoms. The van der Waals surface area contributed by atoms with Gasteiger partial charge in [0.2, 0.25) is 0 Å². The third-order valence-corrected chi connectivity index (χ3v) is 9.84. The zero-order valence-electron chi connectivity index (χ0n) is 26.3. The molecular weight excluding hydrogens is 761 g/mol. The van der Waals surface area contributed by atoms with Crippen LogP contribution < -0.4 is 34.4 Å². The molecule has 1 amide bonds. The normalized spacial score (nSPS) is 14.3. The van der Waals surface area contributed by atoms with Gasteiger partial charge in [0.25, 0.3) is 11.5 Å². The highest BCUT2D eigenvalue weighted by molar-refractivity contribution is 14.1. The molecule has 244 valence electrons. The van der Waals surface area contributed by atoms with E-state index in [1.165, 1.54) is 11.3 Å². The molecule has 0 spiro atoms. The molecule has 0 aliphatic carbocycles. The highest BCUT2D eigenvalue weighted by Gasteiger charge is 2.32. The van der Waals surface area contributed by atoms with Gasteiger partial charge in [0, 0.05) is 16.3 Å². The lowest BCUT2D eigenvalue weighted by Gasteiger charge is -2.25. The molecular formula is C37H31ClIN3O5S. The summed E-state index contributed by atoms with van der Waals surface area (Å²) in [6, 6.07) is 27.2. The maximum Gasteiger partial charge on any atom is 0.271 e. The fourth-order valence-electron chi connectivity index (χ4n) is 5.44. The SMILES string of the molecule is CCOc1ccc([C@@H]2C(C(=O)Nc3ccccc3)=C(C)N=c3s/c(=C\c4cc(I)c(OCc5ccccc5Cl)c(OC)c4)c(=O)n32)cc1. The Bertz CT molecular complexity index is 2200. The van der Waals surface area contributed by atoms with Crippen LogP contribution in [0.1, 0.15) is 36.6 Å². The van der Waals surface area contributed by atoms with E-state index in [0.717, 1.165) is 20.3 Å². The smallest absolute Gasteiger partial charge is 0.271 e. The fourth-order valence-corrected chi connectivity index (χ4v) is 7.46. The summed E-state index contributed by atoms with van der Waals surface area (Å²) in [4.78, 5) is 33.3. The van der Waals surface area contributed by atoms with Crippen molar-refractivity contribution in [3.63, 3.8) is 0 Å². The minimum absolute atomic E-state index is 0.261. The molecule has 1 N–H and O–H groups in total. The molecule has 1 aliphatic rings. The largest absolute Gasteiger partial charge is 0.494 e. The number of nitrogens with one attached hydrogen (secondary N) is 1. The van der Waals surface area contributed by atoms with Gasteiger partial charge in [-0.1, -0.05) is 71.5 Å². The highest BCUT2D eigenvalue weighted by atomic mass is 127. The van der Waals surface area contributed by atoms with Crippen LogP contribution in [0.2, 0.25) is 5.02 Å². The van der Waals surface area contributed by atoms with Gasteiger partial charge >= 0.3 is 0 Å². The van der Waals surface area contributed by atoms with Gasteiger partial charge in [-0.3, -0.25) is 14.2 Å². The van der Waals surface area contributed by atoms with E-state index in [1.807, 2.05) is 104 Å². The number of thiazole rings is 1. The Kier molecular flexibility index (Phi) is 10.3. The molecule has 4 aromatic carbocycles. The summed E-state index contributed by atoms with van der Waals surface area (Å²) < 4.78 is 20.4. The van der Waals surface area contributed by atoms with Crippen LogP contribution in [0.25, 0.3) is 6.08 Å². The first kappa shape index (κ1) is 33.5. The van der Waals surface area contributed by atoms with Gasteiger partial charge in [-0.15, -0.1) is 0 Å². The molecule has 5 aromatic rings. The quantitative estimate of drug-likeness (QED) is 0.152. The van der Waals surface area contributed by atoms with Gasteiger partial charge in [0.15, 0.2) is 16.3 Å². The number of nitrogens with zero attached hydrogens (tertiary/aromatic N) is 2. The molecule has 1 atom stereocenters. The number of aromatic nitrogens is 1. The fraction of sp³-hybridized carbons (Fsp3) is 0.162.